The van der Waals surface area contributed by atoms with Gasteiger partial charge < -0.3 is 19.9 Å². The highest BCUT2D eigenvalue weighted by Crippen LogP contribution is 2.33. The second kappa shape index (κ2) is 7.59. The smallest absolute Gasteiger partial charge is 0.328 e. The van der Waals surface area contributed by atoms with Crippen LogP contribution in [0.5, 0.6) is 0 Å². The summed E-state index contributed by atoms with van der Waals surface area (Å²) >= 11 is 0. The average Bonchev–Trinajstić information content (AvgIpc) is 3.13. The summed E-state index contributed by atoms with van der Waals surface area (Å²) in [5.41, 5.74) is 2.86. The number of benzene rings is 1. The van der Waals surface area contributed by atoms with Crippen LogP contribution in [-0.2, 0) is 16.0 Å². The van der Waals surface area contributed by atoms with E-state index in [1.165, 1.54) is 7.11 Å². The number of carbonyl (C=O) groups is 2. The van der Waals surface area contributed by atoms with Gasteiger partial charge in [-0.1, -0.05) is 44.2 Å². The third-order valence-corrected chi connectivity index (χ3v) is 4.70. The van der Waals surface area contributed by atoms with E-state index >= 15 is 0 Å². The van der Waals surface area contributed by atoms with Gasteiger partial charge in [0.05, 0.1) is 19.1 Å². The number of carbonyl (C=O) groups excluding carboxylic acids is 2. The van der Waals surface area contributed by atoms with Gasteiger partial charge in [0, 0.05) is 18.7 Å². The lowest BCUT2D eigenvalue weighted by Crippen LogP contribution is -2.53. The number of rotatable bonds is 4. The van der Waals surface area contributed by atoms with Crippen LogP contribution in [0.1, 0.15) is 36.8 Å². The quantitative estimate of drug-likeness (QED) is 0.823. The minimum Gasteiger partial charge on any atom is -0.467 e. The predicted octanol–water partition coefficient (Wildman–Crippen LogP) is 2.26. The minimum atomic E-state index is -0.690. The summed E-state index contributed by atoms with van der Waals surface area (Å²) in [5.74, 6) is -0.519. The van der Waals surface area contributed by atoms with Gasteiger partial charge in [-0.3, -0.25) is 0 Å². The van der Waals surface area contributed by atoms with Gasteiger partial charge in [-0.05, 0) is 11.5 Å². The molecule has 26 heavy (non-hydrogen) atoms. The number of amides is 2. The summed E-state index contributed by atoms with van der Waals surface area (Å²) in [6.45, 7) is 4.28. The molecule has 7 heteroatoms. The van der Waals surface area contributed by atoms with E-state index < -0.39 is 12.0 Å². The monoisotopic (exact) mass is 356 g/mol. The topological polar surface area (TPSA) is 87.3 Å². The number of fused-ring (bicyclic) bond motifs is 1. The molecule has 0 radical (unpaired) electrons. The first kappa shape index (κ1) is 18.0. The van der Waals surface area contributed by atoms with E-state index in [0.717, 1.165) is 17.0 Å². The zero-order valence-electron chi connectivity index (χ0n) is 15.2. The molecule has 0 fully saturated rings. The third kappa shape index (κ3) is 3.42. The SMILES string of the molecule is COC(=O)[C@@H](NC(=O)N1CCc2[nH]cnc2[C@@H]1c1ccccc1)C(C)C. The van der Waals surface area contributed by atoms with E-state index in [1.54, 1.807) is 11.2 Å². The number of ether oxygens (including phenoxy) is 1. The Labute approximate surface area is 152 Å². The standard InChI is InChI=1S/C19H24N4O3/c1-12(2)15(18(24)26-3)22-19(25)23-10-9-14-16(21-11-20-14)17(23)13-7-5-4-6-8-13/h4-8,11-12,15,17H,9-10H2,1-3H3,(H,20,21)(H,22,25)/t15-,17-/m0/s1. The number of nitrogens with one attached hydrogen (secondary N) is 2. The maximum atomic E-state index is 13.0. The molecule has 3 rings (SSSR count). The lowest BCUT2D eigenvalue weighted by Gasteiger charge is -2.36. The summed E-state index contributed by atoms with van der Waals surface area (Å²) in [4.78, 5) is 34.4. The first-order valence-electron chi connectivity index (χ1n) is 8.75. The zero-order chi connectivity index (χ0) is 18.7. The number of H-pyrrole nitrogens is 1. The Balaban J connectivity index is 1.90. The third-order valence-electron chi connectivity index (χ3n) is 4.70. The van der Waals surface area contributed by atoms with Crippen molar-refractivity contribution in [1.82, 2.24) is 20.2 Å². The second-order valence-electron chi connectivity index (χ2n) is 6.72. The number of aromatic nitrogens is 2. The molecule has 1 aliphatic heterocycles. The number of hydrogen-bond donors (Lipinski definition) is 2. The van der Waals surface area contributed by atoms with Crippen molar-refractivity contribution < 1.29 is 14.3 Å². The maximum absolute atomic E-state index is 13.0. The van der Waals surface area contributed by atoms with Gasteiger partial charge in [0.15, 0.2) is 0 Å². The summed E-state index contributed by atoms with van der Waals surface area (Å²) in [7, 11) is 1.33. The molecule has 0 saturated heterocycles. The van der Waals surface area contributed by atoms with Crippen molar-refractivity contribution in [3.63, 3.8) is 0 Å². The van der Waals surface area contributed by atoms with Gasteiger partial charge in [-0.2, -0.15) is 0 Å². The van der Waals surface area contributed by atoms with Crippen molar-refractivity contribution in [3.05, 3.63) is 53.6 Å². The van der Waals surface area contributed by atoms with E-state index in [4.69, 9.17) is 4.74 Å². The van der Waals surface area contributed by atoms with Crippen molar-refractivity contribution in [2.45, 2.75) is 32.4 Å². The van der Waals surface area contributed by atoms with Gasteiger partial charge in [-0.25, -0.2) is 14.6 Å². The molecule has 0 unspecified atom stereocenters. The van der Waals surface area contributed by atoms with Gasteiger partial charge in [0.2, 0.25) is 0 Å². The fourth-order valence-corrected chi connectivity index (χ4v) is 3.31. The first-order valence-corrected chi connectivity index (χ1v) is 8.75. The molecule has 2 N–H and O–H groups in total. The van der Waals surface area contributed by atoms with Gasteiger partial charge >= 0.3 is 12.0 Å². The maximum Gasteiger partial charge on any atom is 0.328 e. The van der Waals surface area contributed by atoms with Crippen molar-refractivity contribution >= 4 is 12.0 Å². The molecule has 138 valence electrons. The van der Waals surface area contributed by atoms with Gasteiger partial charge in [0.25, 0.3) is 0 Å². The molecule has 0 bridgehead atoms. The Morgan fingerprint density at radius 2 is 2.04 bits per heavy atom. The first-order chi connectivity index (χ1) is 12.5. The van der Waals surface area contributed by atoms with E-state index in [1.807, 2.05) is 44.2 Å². The molecule has 7 nitrogen and oxygen atoms in total. The summed E-state index contributed by atoms with van der Waals surface area (Å²) in [6, 6.07) is 8.51. The molecule has 1 aromatic heterocycles. The molecule has 2 aromatic rings. The second-order valence-corrected chi connectivity index (χ2v) is 6.72. The van der Waals surface area contributed by atoms with Crippen molar-refractivity contribution in [1.29, 1.82) is 0 Å². The highest BCUT2D eigenvalue weighted by Gasteiger charge is 2.36. The molecule has 2 amide bonds. The van der Waals surface area contributed by atoms with Crippen LogP contribution < -0.4 is 5.32 Å². The van der Waals surface area contributed by atoms with Crippen LogP contribution in [0.3, 0.4) is 0 Å². The molecule has 0 aliphatic carbocycles. The summed E-state index contributed by atoms with van der Waals surface area (Å²) in [6.07, 6.45) is 2.35. The molecular formula is C19H24N4O3. The Morgan fingerprint density at radius 3 is 2.69 bits per heavy atom. The minimum absolute atomic E-state index is 0.0766. The fraction of sp³-hybridized carbons (Fsp3) is 0.421. The van der Waals surface area contributed by atoms with Crippen LogP contribution in [0.4, 0.5) is 4.79 Å². The van der Waals surface area contributed by atoms with Crippen LogP contribution in [0.25, 0.3) is 0 Å². The summed E-state index contributed by atoms with van der Waals surface area (Å²) in [5, 5.41) is 2.83. The number of hydrogen-bond acceptors (Lipinski definition) is 4. The van der Waals surface area contributed by atoms with Gasteiger partial charge in [-0.15, -0.1) is 0 Å². The van der Waals surface area contributed by atoms with E-state index in [2.05, 4.69) is 15.3 Å². The Kier molecular flexibility index (Phi) is 5.25. The van der Waals surface area contributed by atoms with E-state index in [0.29, 0.717) is 13.0 Å². The van der Waals surface area contributed by atoms with Crippen LogP contribution in [0.15, 0.2) is 36.7 Å². The Morgan fingerprint density at radius 1 is 1.31 bits per heavy atom. The number of methoxy groups -OCH3 is 1. The zero-order valence-corrected chi connectivity index (χ0v) is 15.2. The highest BCUT2D eigenvalue weighted by molar-refractivity contribution is 5.84. The van der Waals surface area contributed by atoms with Crippen LogP contribution >= 0.6 is 0 Å². The normalized spacial score (nSPS) is 17.5. The number of esters is 1. The molecular weight excluding hydrogens is 332 g/mol. The van der Waals surface area contributed by atoms with Crippen LogP contribution in [-0.4, -0.2) is 46.6 Å². The van der Waals surface area contributed by atoms with Crippen molar-refractivity contribution in [2.24, 2.45) is 5.92 Å². The molecule has 2 atom stereocenters. The molecule has 2 heterocycles. The van der Waals surface area contributed by atoms with Gasteiger partial charge in [0.1, 0.15) is 12.1 Å². The number of nitrogens with zero attached hydrogens (tertiary/aromatic N) is 2. The molecule has 0 spiro atoms. The van der Waals surface area contributed by atoms with Crippen molar-refractivity contribution in [3.8, 4) is 0 Å². The average molecular weight is 356 g/mol. The Hall–Kier alpha value is -2.83. The lowest BCUT2D eigenvalue weighted by molar-refractivity contribution is -0.144. The molecule has 1 aliphatic rings. The number of imidazole rings is 1. The summed E-state index contributed by atoms with van der Waals surface area (Å²) < 4.78 is 4.83. The van der Waals surface area contributed by atoms with E-state index in [-0.39, 0.29) is 18.0 Å². The Bertz CT molecular complexity index is 772. The number of urea groups is 1. The fourth-order valence-electron chi connectivity index (χ4n) is 3.31. The van der Waals surface area contributed by atoms with Crippen LogP contribution in [0.2, 0.25) is 0 Å². The largest absolute Gasteiger partial charge is 0.467 e. The molecule has 0 saturated carbocycles. The predicted molar refractivity (Wildman–Crippen MR) is 96.5 cm³/mol. The number of aromatic amines is 1. The van der Waals surface area contributed by atoms with Crippen LogP contribution in [0, 0.1) is 5.92 Å². The van der Waals surface area contributed by atoms with Crippen molar-refractivity contribution in [2.75, 3.05) is 13.7 Å². The molecule has 1 aromatic carbocycles. The highest BCUT2D eigenvalue weighted by atomic mass is 16.5. The van der Waals surface area contributed by atoms with E-state index in [9.17, 15) is 9.59 Å². The lowest BCUT2D eigenvalue weighted by atomic mass is 9.96.